The molecule has 0 unspecified atom stereocenters. The number of carbonyl (C=O) groups is 2. The van der Waals surface area contributed by atoms with Gasteiger partial charge in [-0.05, 0) is 74.2 Å². The number of nitro benzene ring substituents is 1. The van der Waals surface area contributed by atoms with Gasteiger partial charge in [-0.1, -0.05) is 0 Å². The Bertz CT molecular complexity index is 1640. The highest BCUT2D eigenvalue weighted by Gasteiger charge is 2.19. The van der Waals surface area contributed by atoms with Gasteiger partial charge in [0.05, 0.1) is 4.92 Å². The first-order chi connectivity index (χ1) is 22.3. The van der Waals surface area contributed by atoms with Crippen molar-refractivity contribution in [1.82, 2.24) is 19.8 Å². The summed E-state index contributed by atoms with van der Waals surface area (Å²) in [6.07, 6.45) is 7.28. The monoisotopic (exact) mass is 626 g/mol. The van der Waals surface area contributed by atoms with E-state index in [9.17, 15) is 19.7 Å². The minimum absolute atomic E-state index is 0.00403. The normalized spacial score (nSPS) is 13.7. The number of amides is 4. The molecular weight excluding hydrogens is 592 g/mol. The molecule has 2 saturated heterocycles. The molecule has 46 heavy (non-hydrogen) atoms. The van der Waals surface area contributed by atoms with E-state index in [0.717, 1.165) is 51.9 Å². The highest BCUT2D eigenvalue weighted by Crippen LogP contribution is 2.26. The Kier molecular flexibility index (Phi) is 10.4. The van der Waals surface area contributed by atoms with Crippen LogP contribution >= 0.6 is 0 Å². The lowest BCUT2D eigenvalue weighted by atomic mass is 10.3. The van der Waals surface area contributed by atoms with Crippen LogP contribution in [0.15, 0.2) is 85.2 Å². The standard InChI is InChI=1S/C16H16N4O4.C16H18N4O2/c21-16(19-9-1-2-10-19)18-15-11-14(7-8-17-15)24-13-5-3-12(4-6-13)20(22)23;17-12-3-5-13(6-4-12)22-14-7-8-18-15(11-14)19-16(21)20-9-1-2-10-20/h3-8,11H,1-2,9-10H2,(H,17,18,21);3-8,11H,1-2,9-10,17H2,(H,18,19,21). The quantitative estimate of drug-likeness (QED) is 0.117. The van der Waals surface area contributed by atoms with Crippen molar-refractivity contribution in [2.24, 2.45) is 0 Å². The van der Waals surface area contributed by atoms with Crippen molar-refractivity contribution in [2.75, 3.05) is 42.5 Å². The SMILES string of the molecule is Nc1ccc(Oc2ccnc(NC(=O)N3CCCC3)c2)cc1.O=C(Nc1cc(Oc2ccc([N+](=O)[O-])cc2)ccn1)N1CCCC1. The average Bonchev–Trinajstić information content (AvgIpc) is 3.79. The number of carbonyl (C=O) groups excluding carboxylic acids is 2. The van der Waals surface area contributed by atoms with E-state index in [1.165, 1.54) is 30.5 Å². The van der Waals surface area contributed by atoms with E-state index >= 15 is 0 Å². The smallest absolute Gasteiger partial charge is 0.323 e. The van der Waals surface area contributed by atoms with E-state index in [1.54, 1.807) is 64.5 Å². The lowest BCUT2D eigenvalue weighted by Crippen LogP contribution is -2.32. The van der Waals surface area contributed by atoms with Gasteiger partial charge in [0.1, 0.15) is 34.6 Å². The second kappa shape index (κ2) is 15.2. The largest absolute Gasteiger partial charge is 0.457 e. The van der Waals surface area contributed by atoms with Crippen LogP contribution in [0.25, 0.3) is 0 Å². The zero-order valence-electron chi connectivity index (χ0n) is 25.0. The molecule has 0 bridgehead atoms. The predicted octanol–water partition coefficient (Wildman–Crippen LogP) is 6.49. The number of nitrogens with zero attached hydrogens (tertiary/aromatic N) is 5. The first-order valence-electron chi connectivity index (χ1n) is 14.8. The molecule has 14 heteroatoms. The number of urea groups is 2. The maximum absolute atomic E-state index is 12.1. The molecule has 2 fully saturated rings. The lowest BCUT2D eigenvalue weighted by Gasteiger charge is -2.16. The van der Waals surface area contributed by atoms with Crippen LogP contribution in [0.1, 0.15) is 25.7 Å². The van der Waals surface area contributed by atoms with Crippen LogP contribution in [-0.2, 0) is 0 Å². The molecule has 238 valence electrons. The molecule has 6 rings (SSSR count). The van der Waals surface area contributed by atoms with Crippen LogP contribution in [0.4, 0.5) is 32.6 Å². The Labute approximate surface area is 265 Å². The Morgan fingerprint density at radius 2 is 1.09 bits per heavy atom. The van der Waals surface area contributed by atoms with Gasteiger partial charge in [-0.25, -0.2) is 19.6 Å². The van der Waals surface area contributed by atoms with Crippen LogP contribution in [0, 0.1) is 10.1 Å². The topological polar surface area (TPSA) is 178 Å². The minimum Gasteiger partial charge on any atom is -0.457 e. The molecule has 4 amide bonds. The van der Waals surface area contributed by atoms with E-state index in [0.29, 0.717) is 40.3 Å². The van der Waals surface area contributed by atoms with Crippen LogP contribution < -0.4 is 25.8 Å². The summed E-state index contributed by atoms with van der Waals surface area (Å²) < 4.78 is 11.4. The van der Waals surface area contributed by atoms with Crippen molar-refractivity contribution < 1.29 is 24.0 Å². The number of pyridine rings is 2. The number of nitrogens with two attached hydrogens (primary N) is 1. The van der Waals surface area contributed by atoms with Gasteiger partial charge < -0.3 is 25.0 Å². The molecule has 4 heterocycles. The summed E-state index contributed by atoms with van der Waals surface area (Å²) in [7, 11) is 0. The number of hydrogen-bond acceptors (Lipinski definition) is 9. The van der Waals surface area contributed by atoms with E-state index in [4.69, 9.17) is 15.2 Å². The van der Waals surface area contributed by atoms with Gasteiger partial charge in [-0.15, -0.1) is 0 Å². The maximum Gasteiger partial charge on any atom is 0.323 e. The van der Waals surface area contributed by atoms with Crippen LogP contribution in [0.2, 0.25) is 0 Å². The number of nitro groups is 1. The van der Waals surface area contributed by atoms with Crippen LogP contribution in [0.3, 0.4) is 0 Å². The molecule has 4 N–H and O–H groups in total. The molecule has 2 aliphatic heterocycles. The number of anilines is 3. The van der Waals surface area contributed by atoms with Crippen LogP contribution in [0.5, 0.6) is 23.0 Å². The Hall–Kier alpha value is -5.92. The van der Waals surface area contributed by atoms with E-state index < -0.39 is 4.92 Å². The number of non-ortho nitro benzene ring substituents is 1. The number of rotatable bonds is 7. The van der Waals surface area contributed by atoms with Crippen molar-refractivity contribution in [3.8, 4) is 23.0 Å². The third kappa shape index (κ3) is 9.05. The first-order valence-corrected chi connectivity index (χ1v) is 14.8. The molecule has 0 spiro atoms. The summed E-state index contributed by atoms with van der Waals surface area (Å²) in [6.45, 7) is 3.11. The zero-order valence-corrected chi connectivity index (χ0v) is 25.0. The average molecular weight is 627 g/mol. The van der Waals surface area contributed by atoms with Gasteiger partial charge in [-0.3, -0.25) is 20.7 Å². The van der Waals surface area contributed by atoms with E-state index in [1.807, 2.05) is 0 Å². The third-order valence-corrected chi connectivity index (χ3v) is 7.12. The summed E-state index contributed by atoms with van der Waals surface area (Å²) in [4.78, 5) is 46.0. The number of hydrogen-bond donors (Lipinski definition) is 3. The van der Waals surface area contributed by atoms with Crippen molar-refractivity contribution in [3.63, 3.8) is 0 Å². The second-order valence-electron chi connectivity index (χ2n) is 10.5. The summed E-state index contributed by atoms with van der Waals surface area (Å²) in [5.74, 6) is 3.10. The summed E-state index contributed by atoms with van der Waals surface area (Å²) in [5, 5.41) is 16.2. The maximum atomic E-state index is 12.1. The second-order valence-corrected chi connectivity index (χ2v) is 10.5. The fourth-order valence-electron chi connectivity index (χ4n) is 4.75. The number of ether oxygens (including phenoxy) is 2. The molecule has 2 aliphatic rings. The number of nitrogens with one attached hydrogen (secondary N) is 2. The van der Waals surface area contributed by atoms with Gasteiger partial charge >= 0.3 is 12.1 Å². The van der Waals surface area contributed by atoms with Crippen molar-refractivity contribution in [1.29, 1.82) is 0 Å². The molecular formula is C32H34N8O6. The van der Waals surface area contributed by atoms with Gasteiger partial charge in [0.2, 0.25) is 0 Å². The summed E-state index contributed by atoms with van der Waals surface area (Å²) >= 11 is 0. The number of aromatic nitrogens is 2. The van der Waals surface area contributed by atoms with Crippen molar-refractivity contribution in [2.45, 2.75) is 25.7 Å². The molecule has 0 aliphatic carbocycles. The van der Waals surface area contributed by atoms with Crippen molar-refractivity contribution in [3.05, 3.63) is 95.3 Å². The minimum atomic E-state index is -0.470. The molecule has 0 atom stereocenters. The third-order valence-electron chi connectivity index (χ3n) is 7.12. The summed E-state index contributed by atoms with van der Waals surface area (Å²) in [6, 6.07) is 19.3. The van der Waals surface area contributed by atoms with Gasteiger partial charge in [-0.2, -0.15) is 0 Å². The summed E-state index contributed by atoms with van der Waals surface area (Å²) in [5.41, 5.74) is 6.32. The van der Waals surface area contributed by atoms with E-state index in [2.05, 4.69) is 20.6 Å². The molecule has 0 saturated carbocycles. The number of nitrogen functional groups attached to an aromatic ring is 1. The Morgan fingerprint density at radius 1 is 0.674 bits per heavy atom. The highest BCUT2D eigenvalue weighted by atomic mass is 16.6. The fraction of sp³-hybridized carbons (Fsp3) is 0.250. The molecule has 2 aromatic heterocycles. The zero-order chi connectivity index (χ0) is 32.3. The van der Waals surface area contributed by atoms with Crippen LogP contribution in [-0.4, -0.2) is 62.9 Å². The Morgan fingerprint density at radius 3 is 1.50 bits per heavy atom. The van der Waals surface area contributed by atoms with Gasteiger partial charge in [0.25, 0.3) is 5.69 Å². The lowest BCUT2D eigenvalue weighted by molar-refractivity contribution is -0.384. The van der Waals surface area contributed by atoms with Crippen molar-refractivity contribution >= 4 is 35.1 Å². The molecule has 4 aromatic rings. The van der Waals surface area contributed by atoms with Gasteiger partial charge in [0.15, 0.2) is 0 Å². The van der Waals surface area contributed by atoms with E-state index in [-0.39, 0.29) is 17.7 Å². The molecule has 0 radical (unpaired) electrons. The number of benzene rings is 2. The van der Waals surface area contributed by atoms with Gasteiger partial charge in [0, 0.05) is 68.5 Å². The predicted molar refractivity (Wildman–Crippen MR) is 172 cm³/mol. The fourth-order valence-corrected chi connectivity index (χ4v) is 4.75. The molecule has 2 aromatic carbocycles. The first kappa shape index (κ1) is 31.5. The molecule has 14 nitrogen and oxygen atoms in total. The Balaban J connectivity index is 0.000000182. The highest BCUT2D eigenvalue weighted by molar-refractivity contribution is 5.89. The number of likely N-dealkylation sites (tertiary alicyclic amines) is 2.